The lowest BCUT2D eigenvalue weighted by Crippen LogP contribution is -2.24. The first-order valence-corrected chi connectivity index (χ1v) is 6.82. The van der Waals surface area contributed by atoms with Crippen LogP contribution in [0.25, 0.3) is 0 Å². The first-order valence-electron chi connectivity index (χ1n) is 6.82. The molecule has 1 aliphatic rings. The van der Waals surface area contributed by atoms with E-state index >= 15 is 0 Å². The van der Waals surface area contributed by atoms with E-state index < -0.39 is 5.97 Å². The summed E-state index contributed by atoms with van der Waals surface area (Å²) in [4.78, 5) is 11.2. The number of anilines is 1. The van der Waals surface area contributed by atoms with Crippen molar-refractivity contribution in [2.75, 3.05) is 11.9 Å². The Balaban J connectivity index is 2.01. The van der Waals surface area contributed by atoms with E-state index in [1.165, 1.54) is 0 Å². The van der Waals surface area contributed by atoms with Crippen molar-refractivity contribution in [3.8, 4) is 0 Å². The van der Waals surface area contributed by atoms with Gasteiger partial charge in [-0.2, -0.15) is 0 Å². The van der Waals surface area contributed by atoms with Crippen LogP contribution in [0.4, 0.5) is 5.69 Å². The summed E-state index contributed by atoms with van der Waals surface area (Å²) in [6, 6.07) is 5.31. The molecule has 0 unspecified atom stereocenters. The van der Waals surface area contributed by atoms with Gasteiger partial charge < -0.3 is 15.5 Å². The van der Waals surface area contributed by atoms with Crippen LogP contribution in [0.2, 0.25) is 0 Å². The minimum absolute atomic E-state index is 0.149. The van der Waals surface area contributed by atoms with Gasteiger partial charge in [-0.25, -0.2) is 4.79 Å². The molecule has 0 aliphatic heterocycles. The predicted molar refractivity (Wildman–Crippen MR) is 74.6 cm³/mol. The van der Waals surface area contributed by atoms with Crippen molar-refractivity contribution in [2.24, 2.45) is 5.92 Å². The molecule has 0 amide bonds. The van der Waals surface area contributed by atoms with Gasteiger partial charge in [0, 0.05) is 6.54 Å². The molecule has 0 radical (unpaired) electrons. The average molecular weight is 263 g/mol. The molecule has 104 valence electrons. The fourth-order valence-electron chi connectivity index (χ4n) is 2.68. The van der Waals surface area contributed by atoms with E-state index in [2.05, 4.69) is 5.32 Å². The molecule has 4 heteroatoms. The summed E-state index contributed by atoms with van der Waals surface area (Å²) in [6.07, 6.45) is 3.56. The SMILES string of the molecule is Cc1cccc(C(=O)O)c1NCC1CCC(O)CC1. The smallest absolute Gasteiger partial charge is 0.337 e. The Bertz CT molecular complexity index is 451. The number of nitrogens with one attached hydrogen (secondary N) is 1. The first kappa shape index (κ1) is 13.9. The highest BCUT2D eigenvalue weighted by Crippen LogP contribution is 2.26. The third-order valence-electron chi connectivity index (χ3n) is 3.89. The zero-order chi connectivity index (χ0) is 13.8. The number of para-hydroxylation sites is 1. The van der Waals surface area contributed by atoms with Gasteiger partial charge in [0.05, 0.1) is 17.4 Å². The fourth-order valence-corrected chi connectivity index (χ4v) is 2.68. The Labute approximate surface area is 113 Å². The first-order chi connectivity index (χ1) is 9.08. The van der Waals surface area contributed by atoms with Crippen LogP contribution in [0.1, 0.15) is 41.6 Å². The van der Waals surface area contributed by atoms with Crippen LogP contribution in [0.3, 0.4) is 0 Å². The highest BCUT2D eigenvalue weighted by atomic mass is 16.4. The molecule has 0 saturated heterocycles. The Hall–Kier alpha value is -1.55. The van der Waals surface area contributed by atoms with E-state index in [0.29, 0.717) is 11.5 Å². The number of carboxylic acid groups (broad SMARTS) is 1. The van der Waals surface area contributed by atoms with Crippen LogP contribution in [-0.4, -0.2) is 28.8 Å². The number of aliphatic hydroxyl groups is 1. The minimum atomic E-state index is -0.898. The predicted octanol–water partition coefficient (Wildman–Crippen LogP) is 2.66. The monoisotopic (exact) mass is 263 g/mol. The van der Waals surface area contributed by atoms with Gasteiger partial charge in [-0.15, -0.1) is 0 Å². The highest BCUT2D eigenvalue weighted by Gasteiger charge is 2.20. The average Bonchev–Trinajstić information content (AvgIpc) is 2.39. The fraction of sp³-hybridized carbons (Fsp3) is 0.533. The maximum absolute atomic E-state index is 11.2. The van der Waals surface area contributed by atoms with Crippen LogP contribution in [0, 0.1) is 12.8 Å². The lowest BCUT2D eigenvalue weighted by Gasteiger charge is -2.26. The summed E-state index contributed by atoms with van der Waals surface area (Å²) >= 11 is 0. The molecule has 0 spiro atoms. The summed E-state index contributed by atoms with van der Waals surface area (Å²) < 4.78 is 0. The molecule has 1 fully saturated rings. The number of hydrogen-bond donors (Lipinski definition) is 3. The van der Waals surface area contributed by atoms with E-state index in [1.807, 2.05) is 13.0 Å². The van der Waals surface area contributed by atoms with E-state index in [9.17, 15) is 15.0 Å². The van der Waals surface area contributed by atoms with Crippen LogP contribution in [0.15, 0.2) is 18.2 Å². The molecule has 3 N–H and O–H groups in total. The largest absolute Gasteiger partial charge is 0.478 e. The highest BCUT2D eigenvalue weighted by molar-refractivity contribution is 5.95. The zero-order valence-electron chi connectivity index (χ0n) is 11.2. The lowest BCUT2D eigenvalue weighted by molar-refractivity contribution is 0.0698. The quantitative estimate of drug-likeness (QED) is 0.781. The van der Waals surface area contributed by atoms with Crippen molar-refractivity contribution in [3.63, 3.8) is 0 Å². The Kier molecular flexibility index (Phi) is 4.43. The van der Waals surface area contributed by atoms with E-state index in [0.717, 1.165) is 43.5 Å². The van der Waals surface area contributed by atoms with Crippen LogP contribution in [0.5, 0.6) is 0 Å². The lowest BCUT2D eigenvalue weighted by atomic mass is 9.87. The van der Waals surface area contributed by atoms with Gasteiger partial charge in [-0.05, 0) is 50.2 Å². The second-order valence-electron chi connectivity index (χ2n) is 5.36. The normalized spacial score (nSPS) is 23.1. The molecule has 1 saturated carbocycles. The van der Waals surface area contributed by atoms with Crippen molar-refractivity contribution in [1.82, 2.24) is 0 Å². The zero-order valence-corrected chi connectivity index (χ0v) is 11.2. The molecule has 1 aromatic rings. The number of aryl methyl sites for hydroxylation is 1. The van der Waals surface area contributed by atoms with Crippen LogP contribution >= 0.6 is 0 Å². The number of hydrogen-bond acceptors (Lipinski definition) is 3. The number of carboxylic acids is 1. The number of aliphatic hydroxyl groups excluding tert-OH is 1. The van der Waals surface area contributed by atoms with Gasteiger partial charge >= 0.3 is 5.97 Å². The van der Waals surface area contributed by atoms with Gasteiger partial charge in [-0.1, -0.05) is 12.1 Å². The molecular weight excluding hydrogens is 242 g/mol. The van der Waals surface area contributed by atoms with Gasteiger partial charge in [0.25, 0.3) is 0 Å². The van der Waals surface area contributed by atoms with Crippen molar-refractivity contribution >= 4 is 11.7 Å². The minimum Gasteiger partial charge on any atom is -0.478 e. The van der Waals surface area contributed by atoms with Gasteiger partial charge in [0.15, 0.2) is 0 Å². The molecule has 19 heavy (non-hydrogen) atoms. The summed E-state index contributed by atoms with van der Waals surface area (Å²) in [7, 11) is 0. The molecular formula is C15H21NO3. The van der Waals surface area contributed by atoms with E-state index in [1.54, 1.807) is 12.1 Å². The Morgan fingerprint density at radius 3 is 2.63 bits per heavy atom. The molecule has 0 aromatic heterocycles. The number of rotatable bonds is 4. The number of aromatic carboxylic acids is 1. The van der Waals surface area contributed by atoms with Crippen LogP contribution < -0.4 is 5.32 Å². The van der Waals surface area contributed by atoms with Crippen molar-refractivity contribution in [2.45, 2.75) is 38.7 Å². The summed E-state index contributed by atoms with van der Waals surface area (Å²) in [5, 5.41) is 21.9. The topological polar surface area (TPSA) is 69.6 Å². The van der Waals surface area contributed by atoms with Gasteiger partial charge in [0.1, 0.15) is 0 Å². The molecule has 0 bridgehead atoms. The number of carbonyl (C=O) groups is 1. The summed E-state index contributed by atoms with van der Waals surface area (Å²) in [6.45, 7) is 2.69. The Morgan fingerprint density at radius 1 is 1.32 bits per heavy atom. The van der Waals surface area contributed by atoms with Gasteiger partial charge in [-0.3, -0.25) is 0 Å². The number of benzene rings is 1. The van der Waals surface area contributed by atoms with Crippen LogP contribution in [-0.2, 0) is 0 Å². The van der Waals surface area contributed by atoms with E-state index in [4.69, 9.17) is 0 Å². The molecule has 2 rings (SSSR count). The molecule has 0 atom stereocenters. The second kappa shape index (κ2) is 6.06. The standard InChI is InChI=1S/C15H21NO3/c1-10-3-2-4-13(15(18)19)14(10)16-9-11-5-7-12(17)8-6-11/h2-4,11-12,16-17H,5-9H2,1H3,(H,18,19). The third-order valence-corrected chi connectivity index (χ3v) is 3.89. The van der Waals surface area contributed by atoms with Crippen molar-refractivity contribution in [1.29, 1.82) is 0 Å². The Morgan fingerprint density at radius 2 is 2.00 bits per heavy atom. The molecule has 0 heterocycles. The molecule has 1 aromatic carbocycles. The third kappa shape index (κ3) is 3.47. The van der Waals surface area contributed by atoms with Crippen molar-refractivity contribution in [3.05, 3.63) is 29.3 Å². The molecule has 4 nitrogen and oxygen atoms in total. The van der Waals surface area contributed by atoms with Crippen molar-refractivity contribution < 1.29 is 15.0 Å². The summed E-state index contributed by atoms with van der Waals surface area (Å²) in [5.41, 5.74) is 2.01. The maximum atomic E-state index is 11.2. The molecule has 1 aliphatic carbocycles. The van der Waals surface area contributed by atoms with E-state index in [-0.39, 0.29) is 6.10 Å². The maximum Gasteiger partial charge on any atom is 0.337 e. The van der Waals surface area contributed by atoms with Gasteiger partial charge in [0.2, 0.25) is 0 Å². The summed E-state index contributed by atoms with van der Waals surface area (Å²) in [5.74, 6) is -0.380. The second-order valence-corrected chi connectivity index (χ2v) is 5.36.